The van der Waals surface area contributed by atoms with Gasteiger partial charge in [0.05, 0.1) is 5.56 Å². The highest BCUT2D eigenvalue weighted by molar-refractivity contribution is 7.86. The highest BCUT2D eigenvalue weighted by Crippen LogP contribution is 2.35. The first-order valence-electron chi connectivity index (χ1n) is 12.8. The molecule has 14 heteroatoms. The van der Waals surface area contributed by atoms with E-state index < -0.39 is 33.8 Å². The predicted molar refractivity (Wildman–Crippen MR) is 151 cm³/mol. The number of carboxylic acids is 1. The van der Waals surface area contributed by atoms with Crippen LogP contribution in [0.5, 0.6) is 0 Å². The van der Waals surface area contributed by atoms with E-state index in [9.17, 15) is 23.1 Å². The lowest BCUT2D eigenvalue weighted by Gasteiger charge is -2.32. The molecule has 4 rings (SSSR count). The lowest BCUT2D eigenvalue weighted by atomic mass is 9.94. The fourth-order valence-electron chi connectivity index (χ4n) is 4.78. The fraction of sp³-hybridized carbons (Fsp3) is 0.333. The second kappa shape index (κ2) is 11.8. The number of nitrogens with two attached hydrogens (primary N) is 1. The van der Waals surface area contributed by atoms with Crippen LogP contribution in [0.4, 0.5) is 10.2 Å². The molecule has 2 aromatic carbocycles. The fourth-order valence-corrected chi connectivity index (χ4v) is 5.91. The topological polar surface area (TPSA) is 166 Å². The highest BCUT2D eigenvalue weighted by Gasteiger charge is 2.35. The van der Waals surface area contributed by atoms with Gasteiger partial charge in [-0.3, -0.25) is 10.2 Å². The van der Waals surface area contributed by atoms with Gasteiger partial charge >= 0.3 is 5.97 Å². The first-order chi connectivity index (χ1) is 19.3. The van der Waals surface area contributed by atoms with Crippen molar-refractivity contribution < 1.29 is 27.5 Å². The largest absolute Gasteiger partial charge is 0.478 e. The van der Waals surface area contributed by atoms with Crippen LogP contribution in [0.1, 0.15) is 56.3 Å². The van der Waals surface area contributed by atoms with Crippen LogP contribution in [0.25, 0.3) is 0 Å². The molecule has 1 saturated heterocycles. The zero-order valence-electron chi connectivity index (χ0n) is 22.9. The number of rotatable bonds is 9. The number of carbonyl (C=O) groups excluding carboxylic acids is 1. The van der Waals surface area contributed by atoms with Crippen LogP contribution >= 0.6 is 0 Å². The van der Waals surface area contributed by atoms with Crippen molar-refractivity contribution in [2.24, 2.45) is 5.73 Å². The van der Waals surface area contributed by atoms with E-state index in [2.05, 4.69) is 5.10 Å². The van der Waals surface area contributed by atoms with Gasteiger partial charge in [-0.25, -0.2) is 9.18 Å². The van der Waals surface area contributed by atoms with Crippen LogP contribution in [-0.2, 0) is 16.8 Å². The lowest BCUT2D eigenvalue weighted by molar-refractivity contribution is 0.0697. The number of halogens is 1. The molecule has 0 aliphatic carbocycles. The van der Waals surface area contributed by atoms with Crippen molar-refractivity contribution in [2.45, 2.75) is 25.3 Å². The van der Waals surface area contributed by atoms with E-state index in [1.165, 1.54) is 47.6 Å². The van der Waals surface area contributed by atoms with Gasteiger partial charge in [0.15, 0.2) is 11.6 Å². The maximum absolute atomic E-state index is 16.2. The second-order valence-corrected chi connectivity index (χ2v) is 12.2. The van der Waals surface area contributed by atoms with Crippen molar-refractivity contribution in [1.82, 2.24) is 18.4 Å². The van der Waals surface area contributed by atoms with Gasteiger partial charge in [0, 0.05) is 57.8 Å². The zero-order chi connectivity index (χ0) is 30.1. The van der Waals surface area contributed by atoms with E-state index in [0.29, 0.717) is 18.4 Å². The van der Waals surface area contributed by atoms with Crippen LogP contribution < -0.4 is 10.6 Å². The molecule has 0 spiro atoms. The quantitative estimate of drug-likeness (QED) is 0.254. The monoisotopic (exact) mass is 585 g/mol. The molecule has 0 unspecified atom stereocenters. The summed E-state index contributed by atoms with van der Waals surface area (Å²) in [5, 5.41) is 21.3. The molecule has 1 fully saturated rings. The minimum Gasteiger partial charge on any atom is -0.478 e. The van der Waals surface area contributed by atoms with E-state index >= 15 is 4.39 Å². The number of hydrogen-bond acceptors (Lipinski definition) is 7. The summed E-state index contributed by atoms with van der Waals surface area (Å²) in [6, 6.07) is 12.2. The normalized spacial score (nSPS) is 14.8. The average molecular weight is 586 g/mol. The second-order valence-electron chi connectivity index (χ2n) is 10.1. The molecule has 41 heavy (non-hydrogen) atoms. The number of nitrogens with zero attached hydrogens (tertiary/aromatic N) is 5. The number of nitrogens with one attached hydrogen (secondary N) is 1. The highest BCUT2D eigenvalue weighted by atomic mass is 32.2. The van der Waals surface area contributed by atoms with Gasteiger partial charge in [0.2, 0.25) is 0 Å². The Morgan fingerprint density at radius 1 is 1.07 bits per heavy atom. The number of piperidine rings is 1. The minimum absolute atomic E-state index is 0.0197. The van der Waals surface area contributed by atoms with Gasteiger partial charge < -0.3 is 15.7 Å². The Balaban J connectivity index is 1.70. The number of hydrogen-bond donors (Lipinski definition) is 3. The number of nitrogen functional groups attached to an aromatic ring is 1. The van der Waals surface area contributed by atoms with Crippen molar-refractivity contribution in [3.8, 4) is 0 Å². The molecule has 12 nitrogen and oxygen atoms in total. The number of anilines is 1. The summed E-state index contributed by atoms with van der Waals surface area (Å²) in [5.41, 5.74) is 6.79. The van der Waals surface area contributed by atoms with Crippen LogP contribution in [0.3, 0.4) is 0 Å². The zero-order valence-corrected chi connectivity index (χ0v) is 23.7. The van der Waals surface area contributed by atoms with E-state index in [0.717, 1.165) is 14.6 Å². The van der Waals surface area contributed by atoms with Crippen LogP contribution in [0.2, 0.25) is 0 Å². The smallest absolute Gasteiger partial charge is 0.335 e. The van der Waals surface area contributed by atoms with Crippen LogP contribution in [0.15, 0.2) is 48.5 Å². The van der Waals surface area contributed by atoms with Gasteiger partial charge in [-0.15, -0.1) is 0 Å². The summed E-state index contributed by atoms with van der Waals surface area (Å²) >= 11 is 0. The molecule has 0 amide bonds. The Morgan fingerprint density at radius 2 is 1.68 bits per heavy atom. The molecular weight excluding hydrogens is 553 g/mol. The molecule has 218 valence electrons. The summed E-state index contributed by atoms with van der Waals surface area (Å²) in [4.78, 5) is 26.6. The van der Waals surface area contributed by atoms with Gasteiger partial charge in [0.25, 0.3) is 16.1 Å². The minimum atomic E-state index is -3.62. The Kier molecular flexibility index (Phi) is 8.56. The number of amidine groups is 1. The average Bonchev–Trinajstić information content (AvgIpc) is 3.29. The summed E-state index contributed by atoms with van der Waals surface area (Å²) in [5.74, 6) is -3.26. The van der Waals surface area contributed by atoms with Gasteiger partial charge in [-0.2, -0.15) is 26.8 Å². The summed E-state index contributed by atoms with van der Waals surface area (Å²) in [7, 11) is 0.880. The first kappa shape index (κ1) is 29.8. The number of carboxylic acid groups (broad SMARTS) is 1. The maximum Gasteiger partial charge on any atom is 0.335 e. The molecule has 0 bridgehead atoms. The van der Waals surface area contributed by atoms with E-state index in [1.54, 1.807) is 31.3 Å². The van der Waals surface area contributed by atoms with E-state index in [-0.39, 0.29) is 48.1 Å². The maximum atomic E-state index is 16.2. The third-order valence-electron chi connectivity index (χ3n) is 7.05. The molecule has 0 radical (unpaired) electrons. The molecule has 1 aliphatic rings. The van der Waals surface area contributed by atoms with Crippen LogP contribution in [-0.4, -0.2) is 83.9 Å². The molecule has 2 heterocycles. The number of aromatic carboxylic acids is 1. The lowest BCUT2D eigenvalue weighted by Crippen LogP contribution is -2.44. The van der Waals surface area contributed by atoms with Crippen molar-refractivity contribution in [2.75, 3.05) is 39.1 Å². The standard InChI is InChI=1S/C27H32FN7O5S/c1-32(2)41(39,40)34-13-11-18(12-14-34)23-22(28)25(33(3)16-17-7-9-19(10-8-17)24(29)30)35(31-23)26(36)20-5-4-6-21(15-20)27(37)38/h4-10,15,18H,11-14,16H2,1-3H3,(H3,29,30)(H,37,38). The molecule has 4 N–H and O–H groups in total. The Hall–Kier alpha value is -4.14. The molecule has 1 aliphatic heterocycles. The Morgan fingerprint density at radius 3 is 2.24 bits per heavy atom. The number of aromatic nitrogens is 2. The van der Waals surface area contributed by atoms with Gasteiger partial charge in [0.1, 0.15) is 11.5 Å². The Bertz CT molecular complexity index is 1580. The number of benzene rings is 2. The van der Waals surface area contributed by atoms with Crippen LogP contribution in [0, 0.1) is 11.2 Å². The molecule has 0 saturated carbocycles. The molecule has 0 atom stereocenters. The summed E-state index contributed by atoms with van der Waals surface area (Å²) in [6.07, 6.45) is 0.610. The third kappa shape index (κ3) is 6.14. The van der Waals surface area contributed by atoms with Crippen molar-refractivity contribution in [1.29, 1.82) is 5.41 Å². The molecule has 3 aromatic rings. The summed E-state index contributed by atoms with van der Waals surface area (Å²) < 4.78 is 44.7. The van der Waals surface area contributed by atoms with E-state index in [4.69, 9.17) is 11.1 Å². The molecular formula is C27H32FN7O5S. The molecule has 1 aromatic heterocycles. The number of carbonyl (C=O) groups is 2. The van der Waals surface area contributed by atoms with Crippen molar-refractivity contribution >= 4 is 33.7 Å². The van der Waals surface area contributed by atoms with Gasteiger partial charge in [-0.05, 0) is 36.6 Å². The van der Waals surface area contributed by atoms with Crippen molar-refractivity contribution in [3.05, 3.63) is 82.3 Å². The third-order valence-corrected chi connectivity index (χ3v) is 8.99. The first-order valence-corrected chi connectivity index (χ1v) is 14.2. The summed E-state index contributed by atoms with van der Waals surface area (Å²) in [6.45, 7) is 0.516. The van der Waals surface area contributed by atoms with Gasteiger partial charge in [-0.1, -0.05) is 30.3 Å². The SMILES string of the molecule is CN(Cc1ccc(C(=N)N)cc1)c1c(F)c(C2CCN(S(=O)(=O)N(C)C)CC2)nn1C(=O)c1cccc(C(=O)O)c1. The predicted octanol–water partition coefficient (Wildman–Crippen LogP) is 2.32. The van der Waals surface area contributed by atoms with Crippen molar-refractivity contribution in [3.63, 3.8) is 0 Å². The van der Waals surface area contributed by atoms with E-state index in [1.807, 2.05) is 0 Å². The Labute approximate surface area is 237 Å².